The standard InChI is InChI=1S/C6H9N3O2.Zn/c7-5(6(10)11)1-4-2-8-3-9-4;/h2-3,5H,1,7H2,(H,8,9)(H,10,11);/q;+2. The van der Waals surface area contributed by atoms with Crippen LogP contribution in [0.4, 0.5) is 0 Å². The average molecular weight is 221 g/mol. The summed E-state index contributed by atoms with van der Waals surface area (Å²) in [5, 5.41) is 8.42. The van der Waals surface area contributed by atoms with Crippen molar-refractivity contribution in [3.8, 4) is 0 Å². The van der Waals surface area contributed by atoms with E-state index in [-0.39, 0.29) is 25.9 Å². The number of aromatic nitrogens is 2. The molecular weight excluding hydrogens is 211 g/mol. The zero-order valence-electron chi connectivity index (χ0n) is 6.53. The minimum Gasteiger partial charge on any atom is -0.480 e. The van der Waals surface area contributed by atoms with Crippen LogP contribution in [0.1, 0.15) is 5.69 Å². The molecule has 12 heavy (non-hydrogen) atoms. The normalized spacial score (nSPS) is 11.8. The number of imidazole rings is 1. The van der Waals surface area contributed by atoms with Crippen molar-refractivity contribution in [2.75, 3.05) is 0 Å². The van der Waals surface area contributed by atoms with Gasteiger partial charge in [0.2, 0.25) is 0 Å². The smallest absolute Gasteiger partial charge is 0.480 e. The molecule has 0 aromatic carbocycles. The molecule has 4 N–H and O–H groups in total. The topological polar surface area (TPSA) is 92.0 Å². The van der Waals surface area contributed by atoms with E-state index in [0.717, 1.165) is 5.69 Å². The molecule has 0 fully saturated rings. The van der Waals surface area contributed by atoms with Gasteiger partial charge in [0, 0.05) is 18.3 Å². The molecule has 1 aromatic rings. The Hall–Kier alpha value is -0.737. The number of nitrogens with two attached hydrogens (primary N) is 1. The van der Waals surface area contributed by atoms with Crippen LogP contribution in [0.2, 0.25) is 0 Å². The Bertz CT molecular complexity index is 237. The van der Waals surface area contributed by atoms with Crippen LogP contribution in [-0.2, 0) is 30.7 Å². The molecule has 5 nitrogen and oxygen atoms in total. The number of H-pyrrole nitrogens is 1. The van der Waals surface area contributed by atoms with Crippen molar-refractivity contribution in [3.05, 3.63) is 18.2 Å². The first kappa shape index (κ1) is 11.3. The first-order chi connectivity index (χ1) is 5.20. The Labute approximate surface area is 82.1 Å². The Balaban J connectivity index is 0.00000121. The van der Waals surface area contributed by atoms with E-state index >= 15 is 0 Å². The zero-order chi connectivity index (χ0) is 8.27. The van der Waals surface area contributed by atoms with Gasteiger partial charge in [0.1, 0.15) is 6.04 Å². The predicted molar refractivity (Wildman–Crippen MR) is 37.9 cm³/mol. The van der Waals surface area contributed by atoms with Gasteiger partial charge in [-0.15, -0.1) is 0 Å². The van der Waals surface area contributed by atoms with E-state index in [1.165, 1.54) is 6.33 Å². The van der Waals surface area contributed by atoms with Crippen LogP contribution >= 0.6 is 0 Å². The van der Waals surface area contributed by atoms with E-state index in [1.54, 1.807) is 6.20 Å². The number of nitrogens with zero attached hydrogens (tertiary/aromatic N) is 1. The Morgan fingerprint density at radius 3 is 2.92 bits per heavy atom. The zero-order valence-corrected chi connectivity index (χ0v) is 9.49. The van der Waals surface area contributed by atoms with Crippen molar-refractivity contribution in [1.29, 1.82) is 0 Å². The molecule has 1 atom stereocenters. The van der Waals surface area contributed by atoms with Gasteiger partial charge in [0.25, 0.3) is 0 Å². The number of carboxylic acids is 1. The number of nitrogens with one attached hydrogen (secondary N) is 1. The molecule has 1 rings (SSSR count). The predicted octanol–water partition coefficient (Wildman–Crippen LogP) is -0.638. The third kappa shape index (κ3) is 3.11. The number of aromatic amines is 1. The summed E-state index contributed by atoms with van der Waals surface area (Å²) >= 11 is 0. The Morgan fingerprint density at radius 1 is 1.83 bits per heavy atom. The molecule has 0 radical (unpaired) electrons. The second-order valence-corrected chi connectivity index (χ2v) is 2.23. The maximum Gasteiger partial charge on any atom is 2.00 e. The fourth-order valence-electron chi connectivity index (χ4n) is 0.721. The molecule has 0 amide bonds. The van der Waals surface area contributed by atoms with E-state index in [9.17, 15) is 4.79 Å². The van der Waals surface area contributed by atoms with Gasteiger partial charge in [-0.2, -0.15) is 0 Å². The Kier molecular flexibility index (Phi) is 4.70. The molecule has 1 aromatic heterocycles. The monoisotopic (exact) mass is 219 g/mol. The van der Waals surface area contributed by atoms with Crippen molar-refractivity contribution >= 4 is 5.97 Å². The van der Waals surface area contributed by atoms with Gasteiger partial charge in [0.05, 0.1) is 6.33 Å². The number of carbonyl (C=O) groups is 1. The van der Waals surface area contributed by atoms with E-state index < -0.39 is 12.0 Å². The van der Waals surface area contributed by atoms with E-state index in [0.29, 0.717) is 0 Å². The maximum atomic E-state index is 10.3. The summed E-state index contributed by atoms with van der Waals surface area (Å²) in [6, 6.07) is -0.851. The van der Waals surface area contributed by atoms with Crippen LogP contribution in [0.25, 0.3) is 0 Å². The summed E-state index contributed by atoms with van der Waals surface area (Å²) in [6.45, 7) is 0. The second kappa shape index (κ2) is 5.01. The summed E-state index contributed by atoms with van der Waals surface area (Å²) in [5.74, 6) is -1.00. The number of carboxylic acid groups (broad SMARTS) is 1. The molecular formula is C6H9N3O2Zn+2. The van der Waals surface area contributed by atoms with E-state index in [4.69, 9.17) is 10.8 Å². The molecule has 0 aliphatic heterocycles. The number of hydrogen-bond donors (Lipinski definition) is 3. The summed E-state index contributed by atoms with van der Waals surface area (Å²) in [6.07, 6.45) is 3.34. The minimum atomic E-state index is -1.00. The molecule has 6 heteroatoms. The second-order valence-electron chi connectivity index (χ2n) is 2.23. The maximum absolute atomic E-state index is 10.3. The summed E-state index contributed by atoms with van der Waals surface area (Å²) in [5.41, 5.74) is 6.00. The summed E-state index contributed by atoms with van der Waals surface area (Å²) in [4.78, 5) is 16.8. The van der Waals surface area contributed by atoms with Crippen LogP contribution in [-0.4, -0.2) is 27.1 Å². The van der Waals surface area contributed by atoms with Gasteiger partial charge in [0.15, 0.2) is 0 Å². The third-order valence-electron chi connectivity index (χ3n) is 1.31. The summed E-state index contributed by atoms with van der Waals surface area (Å²) < 4.78 is 0. The molecule has 0 aliphatic carbocycles. The molecule has 1 unspecified atom stereocenters. The number of aliphatic carboxylic acids is 1. The van der Waals surface area contributed by atoms with E-state index in [2.05, 4.69) is 9.97 Å². The van der Waals surface area contributed by atoms with Crippen LogP contribution < -0.4 is 5.73 Å². The summed E-state index contributed by atoms with van der Waals surface area (Å²) in [7, 11) is 0. The fourth-order valence-corrected chi connectivity index (χ4v) is 0.721. The quantitative estimate of drug-likeness (QED) is 0.591. The first-order valence-electron chi connectivity index (χ1n) is 3.16. The number of rotatable bonds is 3. The SMILES string of the molecule is NC(Cc1cnc[nH]1)C(=O)O.[Zn+2]. The van der Waals surface area contributed by atoms with Gasteiger partial charge >= 0.3 is 25.4 Å². The third-order valence-corrected chi connectivity index (χ3v) is 1.31. The van der Waals surface area contributed by atoms with Crippen LogP contribution in [0.5, 0.6) is 0 Å². The average Bonchev–Trinajstić information content (AvgIpc) is 2.39. The van der Waals surface area contributed by atoms with Crippen molar-refractivity contribution in [2.24, 2.45) is 5.73 Å². The largest absolute Gasteiger partial charge is 2.00 e. The van der Waals surface area contributed by atoms with Crippen molar-refractivity contribution in [2.45, 2.75) is 12.5 Å². The molecule has 1 heterocycles. The molecule has 0 saturated carbocycles. The molecule has 0 spiro atoms. The molecule has 60 valence electrons. The molecule has 0 saturated heterocycles. The van der Waals surface area contributed by atoms with Gasteiger partial charge < -0.3 is 15.8 Å². The van der Waals surface area contributed by atoms with Gasteiger partial charge in [-0.25, -0.2) is 4.98 Å². The Morgan fingerprint density at radius 2 is 2.50 bits per heavy atom. The van der Waals surface area contributed by atoms with Crippen molar-refractivity contribution in [1.82, 2.24) is 9.97 Å². The first-order valence-corrected chi connectivity index (χ1v) is 3.16. The van der Waals surface area contributed by atoms with Crippen LogP contribution in [0, 0.1) is 0 Å². The molecule has 0 bridgehead atoms. The van der Waals surface area contributed by atoms with Gasteiger partial charge in [-0.3, -0.25) is 4.79 Å². The molecule has 0 aliphatic rings. The number of hydrogen-bond acceptors (Lipinski definition) is 3. The van der Waals surface area contributed by atoms with Gasteiger partial charge in [-0.1, -0.05) is 0 Å². The van der Waals surface area contributed by atoms with Crippen molar-refractivity contribution in [3.63, 3.8) is 0 Å². The van der Waals surface area contributed by atoms with Crippen LogP contribution in [0.3, 0.4) is 0 Å². The van der Waals surface area contributed by atoms with Crippen molar-refractivity contribution < 1.29 is 29.4 Å². The van der Waals surface area contributed by atoms with Gasteiger partial charge in [-0.05, 0) is 0 Å². The minimum absolute atomic E-state index is 0. The van der Waals surface area contributed by atoms with E-state index in [1.807, 2.05) is 0 Å². The van der Waals surface area contributed by atoms with Crippen LogP contribution in [0.15, 0.2) is 12.5 Å². The fraction of sp³-hybridized carbons (Fsp3) is 0.333.